The molecule has 2 atom stereocenters. The molecule has 0 saturated heterocycles. The summed E-state index contributed by atoms with van der Waals surface area (Å²) in [7, 11) is 0. The van der Waals surface area contributed by atoms with Crippen LogP contribution in [-0.4, -0.2) is 25.6 Å². The molecule has 14 heteroatoms. The Kier molecular flexibility index (Phi) is 8.31. The van der Waals surface area contributed by atoms with Crippen LogP contribution in [0.1, 0.15) is 11.7 Å². The van der Waals surface area contributed by atoms with Gasteiger partial charge in [0.15, 0.2) is 24.4 Å². The van der Waals surface area contributed by atoms with Crippen molar-refractivity contribution in [3.63, 3.8) is 0 Å². The molecule has 0 bridgehead atoms. The molecular weight excluding hydrogens is 510 g/mol. The van der Waals surface area contributed by atoms with Crippen LogP contribution in [0.25, 0.3) is 0 Å². The molecule has 2 aromatic carbocycles. The largest absolute Gasteiger partial charge is 0.479 e. The number of nitrogens with two attached hydrogens (primary N) is 1. The Labute approximate surface area is 205 Å². The van der Waals surface area contributed by atoms with Gasteiger partial charge >= 0.3 is 5.97 Å². The summed E-state index contributed by atoms with van der Waals surface area (Å²) in [4.78, 5) is 14.7. The van der Waals surface area contributed by atoms with E-state index in [1.54, 1.807) is 17.5 Å². The van der Waals surface area contributed by atoms with Crippen LogP contribution in [0.4, 0.5) is 8.78 Å². The topological polar surface area (TPSA) is 140 Å². The average Bonchev–Trinajstić information content (AvgIpc) is 3.25. The Morgan fingerprint density at radius 1 is 1.26 bits per heavy atom. The average molecular weight is 523 g/mol. The molecule has 1 aromatic heterocycles. The predicted octanol–water partition coefficient (Wildman–Crippen LogP) is 3.97. The smallest absolute Gasteiger partial charge is 0.343 e. The van der Waals surface area contributed by atoms with Gasteiger partial charge in [-0.1, -0.05) is 29.8 Å². The number of hydrogen-bond acceptors (Lipinski definition) is 10. The van der Waals surface area contributed by atoms with Gasteiger partial charge in [0, 0.05) is 28.4 Å². The summed E-state index contributed by atoms with van der Waals surface area (Å²) in [6.07, 6.45) is -0.387. The van der Waals surface area contributed by atoms with E-state index in [1.165, 1.54) is 12.1 Å². The molecule has 0 fully saturated rings. The molecule has 2 N–H and O–H groups in total. The molecule has 3 aromatic rings. The number of nitriles is 2. The lowest BCUT2D eigenvalue weighted by molar-refractivity contribution is -0.154. The maximum absolute atomic E-state index is 14.4. The van der Waals surface area contributed by atoms with E-state index in [1.807, 2.05) is 5.40 Å². The number of ether oxygens (including phenoxy) is 2. The summed E-state index contributed by atoms with van der Waals surface area (Å²) in [5.41, 5.74) is 6.49. The summed E-state index contributed by atoms with van der Waals surface area (Å²) in [5, 5.41) is 25.9. The molecule has 0 radical (unpaired) electrons. The van der Waals surface area contributed by atoms with E-state index in [4.69, 9.17) is 32.1 Å². The minimum absolute atomic E-state index is 0.111. The molecule has 0 aliphatic carbocycles. The summed E-state index contributed by atoms with van der Waals surface area (Å²) in [6.45, 7) is -0.492. The minimum atomic E-state index is -2.26. The van der Waals surface area contributed by atoms with Crippen molar-refractivity contribution in [2.45, 2.75) is 22.9 Å². The van der Waals surface area contributed by atoms with Crippen LogP contribution in [0.5, 0.6) is 5.75 Å². The fraction of sp³-hybridized carbons (Fsp3) is 0.150. The lowest BCUT2D eigenvalue weighted by atomic mass is 10.0. The zero-order valence-electron chi connectivity index (χ0n) is 16.9. The predicted molar refractivity (Wildman–Crippen MR) is 119 cm³/mol. The summed E-state index contributed by atoms with van der Waals surface area (Å²) in [5.74, 6) is -3.47. The molecule has 0 spiro atoms. The molecule has 0 amide bonds. The van der Waals surface area contributed by atoms with E-state index in [0.717, 1.165) is 23.1 Å². The highest BCUT2D eigenvalue weighted by Crippen LogP contribution is 2.41. The highest BCUT2D eigenvalue weighted by Gasteiger charge is 2.49. The van der Waals surface area contributed by atoms with Crippen LogP contribution >= 0.6 is 35.1 Å². The Balaban J connectivity index is 1.99. The fourth-order valence-corrected chi connectivity index (χ4v) is 3.94. The van der Waals surface area contributed by atoms with Gasteiger partial charge in [-0.05, 0) is 30.0 Å². The number of thioether (sulfide) groups is 2. The quantitative estimate of drug-likeness (QED) is 0.190. The van der Waals surface area contributed by atoms with E-state index in [2.05, 4.69) is 10.1 Å². The Morgan fingerprint density at radius 3 is 2.71 bits per heavy atom. The number of nitrogens with zero attached hydrogens (tertiary/aromatic N) is 5. The van der Waals surface area contributed by atoms with Crippen molar-refractivity contribution in [2.24, 2.45) is 5.73 Å². The third-order valence-corrected chi connectivity index (χ3v) is 6.03. The lowest BCUT2D eigenvalue weighted by Crippen LogP contribution is -2.53. The van der Waals surface area contributed by atoms with Crippen molar-refractivity contribution in [3.8, 4) is 16.6 Å². The third-order valence-electron chi connectivity index (χ3n) is 4.28. The number of benzene rings is 2. The van der Waals surface area contributed by atoms with Gasteiger partial charge in [0.2, 0.25) is 10.0 Å². The lowest BCUT2D eigenvalue weighted by Gasteiger charge is -2.33. The first kappa shape index (κ1) is 25.3. The standard InChI is InChI=1S/C20H13ClF2N6O3S2/c21-14-4-2-1-3-13(14)17(32-16-6-5-12(22)7-15(16)23)20(26,34-9-25)18(30)31-11-29-19(33-8-24)27-10-28-29/h1-7,10,17H,11,26H2/t17-,20+/m1/s1. The molecule has 0 saturated carbocycles. The van der Waals surface area contributed by atoms with Crippen molar-refractivity contribution in [1.29, 1.82) is 10.5 Å². The van der Waals surface area contributed by atoms with Gasteiger partial charge in [-0.3, -0.25) is 0 Å². The maximum Gasteiger partial charge on any atom is 0.343 e. The van der Waals surface area contributed by atoms with Crippen molar-refractivity contribution >= 4 is 41.1 Å². The Hall–Kier alpha value is -3.36. The van der Waals surface area contributed by atoms with Crippen molar-refractivity contribution in [3.05, 3.63) is 71.0 Å². The van der Waals surface area contributed by atoms with Gasteiger partial charge in [-0.15, -0.1) is 0 Å². The first-order valence-electron chi connectivity index (χ1n) is 9.13. The number of rotatable bonds is 9. The Morgan fingerprint density at radius 2 is 2.03 bits per heavy atom. The monoisotopic (exact) mass is 522 g/mol. The first-order chi connectivity index (χ1) is 16.3. The molecule has 1 heterocycles. The van der Waals surface area contributed by atoms with Gasteiger partial charge in [0.05, 0.1) is 0 Å². The highest BCUT2D eigenvalue weighted by atomic mass is 35.5. The van der Waals surface area contributed by atoms with Crippen LogP contribution in [-0.2, 0) is 16.3 Å². The Bertz CT molecular complexity index is 1280. The normalized spacial score (nSPS) is 13.2. The van der Waals surface area contributed by atoms with E-state index < -0.39 is 41.1 Å². The molecule has 174 valence electrons. The highest BCUT2D eigenvalue weighted by molar-refractivity contribution is 8.05. The number of halogens is 3. The van der Waals surface area contributed by atoms with E-state index in [-0.39, 0.29) is 15.7 Å². The van der Waals surface area contributed by atoms with Crippen LogP contribution < -0.4 is 10.5 Å². The fourth-order valence-electron chi connectivity index (χ4n) is 2.74. The van der Waals surface area contributed by atoms with Gasteiger partial charge in [0.25, 0.3) is 0 Å². The molecule has 0 unspecified atom stereocenters. The van der Waals surface area contributed by atoms with E-state index in [9.17, 15) is 18.8 Å². The second-order valence-electron chi connectivity index (χ2n) is 6.38. The number of esters is 1. The number of carbonyl (C=O) groups excluding carboxylic acids is 1. The van der Waals surface area contributed by atoms with Crippen molar-refractivity contribution in [2.75, 3.05) is 0 Å². The van der Waals surface area contributed by atoms with Crippen molar-refractivity contribution in [1.82, 2.24) is 14.8 Å². The number of aromatic nitrogens is 3. The van der Waals surface area contributed by atoms with Gasteiger partial charge in [0.1, 0.15) is 22.9 Å². The molecular formula is C20H13ClF2N6O3S2. The van der Waals surface area contributed by atoms with Gasteiger partial charge in [-0.2, -0.15) is 15.6 Å². The molecule has 0 aliphatic heterocycles. The maximum atomic E-state index is 14.4. The van der Waals surface area contributed by atoms with Crippen LogP contribution in [0.15, 0.2) is 53.9 Å². The SMILES string of the molecule is N#CSc1ncnn1COC(=O)[C@@](N)(SC#N)[C@H](Oc1ccc(F)cc1F)c1ccccc1Cl. The van der Waals surface area contributed by atoms with Gasteiger partial charge in [-0.25, -0.2) is 23.2 Å². The second kappa shape index (κ2) is 11.2. The molecule has 3 rings (SSSR count). The van der Waals surface area contributed by atoms with Crippen LogP contribution in [0.2, 0.25) is 5.02 Å². The van der Waals surface area contributed by atoms with Crippen molar-refractivity contribution < 1.29 is 23.0 Å². The van der Waals surface area contributed by atoms with E-state index in [0.29, 0.717) is 29.6 Å². The number of thiocyanates is 2. The molecule has 9 nitrogen and oxygen atoms in total. The van der Waals surface area contributed by atoms with E-state index >= 15 is 0 Å². The van der Waals surface area contributed by atoms with Crippen LogP contribution in [0, 0.1) is 33.0 Å². The number of hydrogen-bond donors (Lipinski definition) is 1. The second-order valence-corrected chi connectivity index (χ2v) is 8.60. The van der Waals surface area contributed by atoms with Gasteiger partial charge < -0.3 is 15.2 Å². The molecule has 34 heavy (non-hydrogen) atoms. The van der Waals surface area contributed by atoms with Crippen LogP contribution in [0.3, 0.4) is 0 Å². The number of carbonyl (C=O) groups is 1. The summed E-state index contributed by atoms with van der Waals surface area (Å²) < 4.78 is 39.8. The molecule has 0 aliphatic rings. The zero-order valence-corrected chi connectivity index (χ0v) is 19.3. The first-order valence-corrected chi connectivity index (χ1v) is 11.1. The summed E-state index contributed by atoms with van der Waals surface area (Å²) >= 11 is 7.28. The summed E-state index contributed by atoms with van der Waals surface area (Å²) in [6, 6.07) is 8.69. The zero-order chi connectivity index (χ0) is 24.7. The minimum Gasteiger partial charge on any atom is -0.479 e. The third kappa shape index (κ3) is 5.58.